The predicted octanol–water partition coefficient (Wildman–Crippen LogP) is 3.93. The largest absolute Gasteiger partial charge is 0.459 e. The predicted molar refractivity (Wildman–Crippen MR) is 63.8 cm³/mol. The van der Waals surface area contributed by atoms with Crippen LogP contribution < -0.4 is 0 Å². The Bertz CT molecular complexity index is 185. The highest BCUT2D eigenvalue weighted by molar-refractivity contribution is 5.72. The fraction of sp³-hybridized carbons (Fsp3) is 0.923. The summed E-state index contributed by atoms with van der Waals surface area (Å²) in [5.41, 5.74) is -0.299. The highest BCUT2D eigenvalue weighted by atomic mass is 16.6. The van der Waals surface area contributed by atoms with E-state index < -0.39 is 0 Å². The average Bonchev–Trinajstić information content (AvgIpc) is 2.13. The van der Waals surface area contributed by atoms with E-state index in [1.165, 1.54) is 0 Å². The zero-order chi connectivity index (χ0) is 11.9. The minimum Gasteiger partial charge on any atom is -0.459 e. The number of ether oxygens (including phenoxy) is 1. The molecule has 0 spiro atoms. The number of hydrogen-bond acceptors (Lipinski definition) is 2. The van der Waals surface area contributed by atoms with E-state index in [1.807, 2.05) is 20.8 Å². The number of hydrogen-bond donors (Lipinski definition) is 0. The zero-order valence-electron chi connectivity index (χ0n) is 10.9. The van der Waals surface area contributed by atoms with Crippen LogP contribution in [0.2, 0.25) is 0 Å². The molecule has 2 heteroatoms. The van der Waals surface area contributed by atoms with Crippen LogP contribution in [0, 0.1) is 5.92 Å². The third-order valence-corrected chi connectivity index (χ3v) is 2.62. The van der Waals surface area contributed by atoms with Gasteiger partial charge in [0.2, 0.25) is 0 Å². The first-order chi connectivity index (χ1) is 6.93. The minimum atomic E-state index is -0.299. The summed E-state index contributed by atoms with van der Waals surface area (Å²) in [6, 6.07) is 0. The zero-order valence-corrected chi connectivity index (χ0v) is 10.9. The van der Waals surface area contributed by atoms with E-state index in [0.717, 1.165) is 32.1 Å². The molecule has 0 radical (unpaired) electrons. The maximum atomic E-state index is 11.7. The van der Waals surface area contributed by atoms with Crippen molar-refractivity contribution in [1.29, 1.82) is 0 Å². The third-order valence-electron chi connectivity index (χ3n) is 2.62. The van der Waals surface area contributed by atoms with E-state index >= 15 is 0 Å². The van der Waals surface area contributed by atoms with Gasteiger partial charge >= 0.3 is 5.97 Å². The molecule has 0 aromatic heterocycles. The molecule has 0 heterocycles. The second kappa shape index (κ2) is 6.86. The molecule has 0 saturated carbocycles. The average molecular weight is 214 g/mol. The molecule has 0 rings (SSSR count). The summed E-state index contributed by atoms with van der Waals surface area (Å²) in [5.74, 6) is 0.00276. The summed E-state index contributed by atoms with van der Waals surface area (Å²) in [7, 11) is 0. The highest BCUT2D eigenvalue weighted by Crippen LogP contribution is 2.20. The van der Waals surface area contributed by atoms with Crippen LogP contribution in [-0.4, -0.2) is 11.6 Å². The van der Waals surface area contributed by atoms with Crippen molar-refractivity contribution in [3.63, 3.8) is 0 Å². The molecule has 0 saturated heterocycles. The summed E-state index contributed by atoms with van der Waals surface area (Å²) < 4.78 is 5.50. The molecule has 0 aliphatic carbocycles. The Morgan fingerprint density at radius 2 is 1.87 bits per heavy atom. The van der Waals surface area contributed by atoms with Crippen molar-refractivity contribution < 1.29 is 9.53 Å². The van der Waals surface area contributed by atoms with Crippen LogP contribution in [0.4, 0.5) is 0 Å². The molecule has 0 N–H and O–H groups in total. The van der Waals surface area contributed by atoms with Crippen LogP contribution in [0.3, 0.4) is 0 Å². The van der Waals surface area contributed by atoms with Gasteiger partial charge in [-0.1, -0.05) is 40.0 Å². The lowest BCUT2D eigenvalue weighted by atomic mass is 10.0. The molecular formula is C13H26O2. The lowest BCUT2D eigenvalue weighted by Crippen LogP contribution is -2.30. The third kappa shape index (κ3) is 6.53. The first kappa shape index (κ1) is 14.5. The fourth-order valence-corrected chi connectivity index (χ4v) is 1.65. The van der Waals surface area contributed by atoms with Gasteiger partial charge < -0.3 is 4.74 Å². The van der Waals surface area contributed by atoms with Gasteiger partial charge in [-0.05, 0) is 26.7 Å². The highest BCUT2D eigenvalue weighted by Gasteiger charge is 2.24. The Labute approximate surface area is 94.4 Å². The molecule has 0 amide bonds. The molecular weight excluding hydrogens is 188 g/mol. The molecule has 15 heavy (non-hydrogen) atoms. The van der Waals surface area contributed by atoms with Gasteiger partial charge in [-0.2, -0.15) is 0 Å². The standard InChI is InChI=1S/C13H26O2/c1-6-8-9-11(3)12(14)15-13(4,5)10-7-2/h11H,6-10H2,1-5H3. The Kier molecular flexibility index (Phi) is 6.62. The summed E-state index contributed by atoms with van der Waals surface area (Å²) in [6.07, 6.45) is 5.15. The smallest absolute Gasteiger partial charge is 0.309 e. The molecule has 90 valence electrons. The molecule has 0 bridgehead atoms. The van der Waals surface area contributed by atoms with Gasteiger partial charge in [0.05, 0.1) is 5.92 Å². The van der Waals surface area contributed by atoms with E-state index in [0.29, 0.717) is 0 Å². The van der Waals surface area contributed by atoms with Gasteiger partial charge in [0, 0.05) is 0 Å². The van der Waals surface area contributed by atoms with E-state index in [-0.39, 0.29) is 17.5 Å². The van der Waals surface area contributed by atoms with Crippen LogP contribution in [-0.2, 0) is 9.53 Å². The Balaban J connectivity index is 4.00. The monoisotopic (exact) mass is 214 g/mol. The Hall–Kier alpha value is -0.530. The minimum absolute atomic E-state index is 0.0399. The van der Waals surface area contributed by atoms with Gasteiger partial charge in [0.1, 0.15) is 5.60 Å². The van der Waals surface area contributed by atoms with E-state index in [4.69, 9.17) is 4.74 Å². The lowest BCUT2D eigenvalue weighted by molar-refractivity contribution is -0.161. The number of carbonyl (C=O) groups excluding carboxylic acids is 1. The van der Waals surface area contributed by atoms with Crippen LogP contribution in [0.1, 0.15) is 66.7 Å². The molecule has 0 aliphatic heterocycles. The van der Waals surface area contributed by atoms with Gasteiger partial charge in [-0.15, -0.1) is 0 Å². The van der Waals surface area contributed by atoms with E-state index in [9.17, 15) is 4.79 Å². The number of rotatable bonds is 7. The number of esters is 1. The number of unbranched alkanes of at least 4 members (excludes halogenated alkanes) is 1. The summed E-state index contributed by atoms with van der Waals surface area (Å²) in [5, 5.41) is 0. The summed E-state index contributed by atoms with van der Waals surface area (Å²) >= 11 is 0. The normalized spacial score (nSPS) is 13.7. The van der Waals surface area contributed by atoms with E-state index in [2.05, 4.69) is 13.8 Å². The molecule has 0 aromatic rings. The van der Waals surface area contributed by atoms with Crippen LogP contribution in [0.5, 0.6) is 0 Å². The molecule has 2 nitrogen and oxygen atoms in total. The molecule has 0 aromatic carbocycles. The Morgan fingerprint density at radius 1 is 1.27 bits per heavy atom. The maximum absolute atomic E-state index is 11.7. The Morgan fingerprint density at radius 3 is 2.33 bits per heavy atom. The first-order valence-electron chi connectivity index (χ1n) is 6.15. The van der Waals surface area contributed by atoms with Crippen molar-refractivity contribution in [2.45, 2.75) is 72.3 Å². The topological polar surface area (TPSA) is 26.3 Å². The maximum Gasteiger partial charge on any atom is 0.309 e. The summed E-state index contributed by atoms with van der Waals surface area (Å²) in [4.78, 5) is 11.7. The molecule has 1 unspecified atom stereocenters. The second-order valence-electron chi connectivity index (χ2n) is 4.97. The van der Waals surface area contributed by atoms with Crippen molar-refractivity contribution in [2.75, 3.05) is 0 Å². The van der Waals surface area contributed by atoms with Crippen molar-refractivity contribution >= 4 is 5.97 Å². The fourth-order valence-electron chi connectivity index (χ4n) is 1.65. The van der Waals surface area contributed by atoms with Crippen LogP contribution >= 0.6 is 0 Å². The van der Waals surface area contributed by atoms with Gasteiger partial charge in [0.25, 0.3) is 0 Å². The number of carbonyl (C=O) groups is 1. The lowest BCUT2D eigenvalue weighted by Gasteiger charge is -2.26. The van der Waals surface area contributed by atoms with Crippen molar-refractivity contribution in [3.8, 4) is 0 Å². The van der Waals surface area contributed by atoms with Crippen molar-refractivity contribution in [2.24, 2.45) is 5.92 Å². The molecule has 0 fully saturated rings. The van der Waals surface area contributed by atoms with E-state index in [1.54, 1.807) is 0 Å². The van der Waals surface area contributed by atoms with Crippen LogP contribution in [0.15, 0.2) is 0 Å². The summed E-state index contributed by atoms with van der Waals surface area (Å²) in [6.45, 7) is 10.2. The van der Waals surface area contributed by atoms with Gasteiger partial charge in [-0.25, -0.2) is 0 Å². The van der Waals surface area contributed by atoms with Crippen molar-refractivity contribution in [3.05, 3.63) is 0 Å². The first-order valence-corrected chi connectivity index (χ1v) is 6.15. The van der Waals surface area contributed by atoms with Gasteiger partial charge in [-0.3, -0.25) is 4.79 Å². The van der Waals surface area contributed by atoms with Crippen LogP contribution in [0.25, 0.3) is 0 Å². The van der Waals surface area contributed by atoms with Gasteiger partial charge in [0.15, 0.2) is 0 Å². The quantitative estimate of drug-likeness (QED) is 0.600. The SMILES string of the molecule is CCCCC(C)C(=O)OC(C)(C)CCC. The molecule has 0 aliphatic rings. The molecule has 1 atom stereocenters. The van der Waals surface area contributed by atoms with Crippen molar-refractivity contribution in [1.82, 2.24) is 0 Å². The second-order valence-corrected chi connectivity index (χ2v) is 4.97.